The second-order valence-corrected chi connectivity index (χ2v) is 8.28. The van der Waals surface area contributed by atoms with Gasteiger partial charge in [-0.15, -0.1) is 0 Å². The van der Waals surface area contributed by atoms with Crippen LogP contribution in [0.15, 0.2) is 12.3 Å². The Hall–Kier alpha value is -0.100. The van der Waals surface area contributed by atoms with E-state index in [0.717, 1.165) is 18.5 Å². The number of aromatic nitrogens is 1. The van der Waals surface area contributed by atoms with Gasteiger partial charge in [0.1, 0.15) is 5.82 Å². The molecule has 3 nitrogen and oxygen atoms in total. The number of rotatable bonds is 6. The molecule has 1 aromatic heterocycles. The van der Waals surface area contributed by atoms with Crippen LogP contribution in [0.3, 0.4) is 0 Å². The van der Waals surface area contributed by atoms with Gasteiger partial charge >= 0.3 is 0 Å². The minimum absolute atomic E-state index is 0.221. The van der Waals surface area contributed by atoms with Crippen LogP contribution in [0.5, 0.6) is 0 Å². The molecule has 0 radical (unpaired) electrons. The van der Waals surface area contributed by atoms with Crippen molar-refractivity contribution >= 4 is 40.9 Å². The lowest BCUT2D eigenvalue weighted by Crippen LogP contribution is -2.39. The van der Waals surface area contributed by atoms with Crippen molar-refractivity contribution < 1.29 is 0 Å². The fraction of sp³-hybridized carbons (Fsp3) is 0.667. The van der Waals surface area contributed by atoms with Gasteiger partial charge in [0.15, 0.2) is 0 Å². The van der Waals surface area contributed by atoms with Crippen LogP contribution in [0.4, 0.5) is 5.82 Å². The van der Waals surface area contributed by atoms with Gasteiger partial charge in [-0.1, -0.05) is 25.4 Å². The summed E-state index contributed by atoms with van der Waals surface area (Å²) in [5.41, 5.74) is 7.18. The second kappa shape index (κ2) is 8.51. The molecule has 1 aliphatic rings. The van der Waals surface area contributed by atoms with Crippen LogP contribution >= 0.6 is 35.1 Å². The molecule has 0 saturated carbocycles. The summed E-state index contributed by atoms with van der Waals surface area (Å²) in [6, 6.07) is 2.20. The van der Waals surface area contributed by atoms with Crippen molar-refractivity contribution in [1.82, 2.24) is 10.3 Å². The largest absolute Gasteiger partial charge is 0.383 e. The number of nitrogens with one attached hydrogen (secondary N) is 1. The first-order valence-electron chi connectivity index (χ1n) is 7.54. The predicted molar refractivity (Wildman–Crippen MR) is 97.5 cm³/mol. The maximum atomic E-state index is 6.15. The zero-order valence-electron chi connectivity index (χ0n) is 12.6. The fourth-order valence-electron chi connectivity index (χ4n) is 2.66. The Balaban J connectivity index is 2.30. The lowest BCUT2D eigenvalue weighted by atomic mass is 10.0. The Bertz CT molecular complexity index is 459. The highest BCUT2D eigenvalue weighted by molar-refractivity contribution is 8.07. The highest BCUT2D eigenvalue weighted by atomic mass is 35.5. The molecule has 1 aromatic rings. The van der Waals surface area contributed by atoms with E-state index in [1.165, 1.54) is 17.9 Å². The average molecular weight is 346 g/mol. The number of pyridine rings is 1. The number of halogens is 1. The number of nitrogens with zero attached hydrogens (tertiary/aromatic N) is 1. The minimum Gasteiger partial charge on any atom is -0.383 e. The summed E-state index contributed by atoms with van der Waals surface area (Å²) in [6.07, 6.45) is 3.91. The molecular formula is C15H24ClN3S2. The number of hydrogen-bond donors (Lipinski definition) is 2. The van der Waals surface area contributed by atoms with Crippen LogP contribution in [0, 0.1) is 0 Å². The zero-order chi connectivity index (χ0) is 15.2. The van der Waals surface area contributed by atoms with E-state index in [9.17, 15) is 0 Å². The number of thioether (sulfide) groups is 2. The van der Waals surface area contributed by atoms with E-state index >= 15 is 0 Å². The first-order valence-corrected chi connectivity index (χ1v) is 10.0. The predicted octanol–water partition coefficient (Wildman–Crippen LogP) is 3.99. The van der Waals surface area contributed by atoms with Crippen LogP contribution in [0.25, 0.3) is 0 Å². The van der Waals surface area contributed by atoms with Crippen molar-refractivity contribution in [3.05, 3.63) is 22.8 Å². The minimum atomic E-state index is 0.221. The fourth-order valence-corrected chi connectivity index (χ4v) is 6.07. The molecule has 2 heterocycles. The van der Waals surface area contributed by atoms with Crippen molar-refractivity contribution in [2.24, 2.45) is 0 Å². The van der Waals surface area contributed by atoms with Gasteiger partial charge in [-0.05, 0) is 25.5 Å². The van der Waals surface area contributed by atoms with E-state index in [4.69, 9.17) is 17.3 Å². The Morgan fingerprint density at radius 2 is 2.19 bits per heavy atom. The standard InChI is InChI=1S/C15H24ClN3S2/c1-3-5-18-13(11-8-10(16)9-19-15(11)17)14-12(4-2)20-6-7-21-14/h8-9,12-14,18H,3-7H2,1-2H3,(H2,17,19). The molecule has 3 atom stereocenters. The molecule has 1 fully saturated rings. The summed E-state index contributed by atoms with van der Waals surface area (Å²) >= 11 is 10.3. The second-order valence-electron chi connectivity index (χ2n) is 5.21. The summed E-state index contributed by atoms with van der Waals surface area (Å²) < 4.78 is 0. The lowest BCUT2D eigenvalue weighted by molar-refractivity contribution is 0.498. The Morgan fingerprint density at radius 3 is 2.90 bits per heavy atom. The van der Waals surface area contributed by atoms with E-state index in [1.54, 1.807) is 6.20 Å². The number of nitrogen functional groups attached to an aromatic ring is 1. The van der Waals surface area contributed by atoms with Gasteiger partial charge in [-0.25, -0.2) is 4.98 Å². The molecule has 1 aliphatic heterocycles. The average Bonchev–Trinajstić information content (AvgIpc) is 2.51. The highest BCUT2D eigenvalue weighted by Gasteiger charge is 2.34. The summed E-state index contributed by atoms with van der Waals surface area (Å²) in [4.78, 5) is 4.24. The normalized spacial score (nSPS) is 24.0. The summed E-state index contributed by atoms with van der Waals surface area (Å²) in [7, 11) is 0. The van der Waals surface area contributed by atoms with Gasteiger partial charge in [0.05, 0.1) is 5.02 Å². The zero-order valence-corrected chi connectivity index (χ0v) is 15.0. The van der Waals surface area contributed by atoms with E-state index in [-0.39, 0.29) is 6.04 Å². The van der Waals surface area contributed by atoms with Crippen LogP contribution in [-0.2, 0) is 0 Å². The van der Waals surface area contributed by atoms with Gasteiger partial charge in [-0.2, -0.15) is 23.5 Å². The Kier molecular flexibility index (Phi) is 6.99. The Labute approximate surface area is 141 Å². The van der Waals surface area contributed by atoms with Gasteiger partial charge in [0.2, 0.25) is 0 Å². The third kappa shape index (κ3) is 4.44. The molecule has 21 heavy (non-hydrogen) atoms. The number of anilines is 1. The number of hydrogen-bond acceptors (Lipinski definition) is 5. The smallest absolute Gasteiger partial charge is 0.128 e. The topological polar surface area (TPSA) is 50.9 Å². The van der Waals surface area contributed by atoms with Crippen molar-refractivity contribution in [2.75, 3.05) is 23.8 Å². The molecular weight excluding hydrogens is 322 g/mol. The monoisotopic (exact) mass is 345 g/mol. The molecule has 0 spiro atoms. The molecule has 2 rings (SSSR count). The van der Waals surface area contributed by atoms with Crippen molar-refractivity contribution in [2.45, 2.75) is 43.2 Å². The van der Waals surface area contributed by atoms with E-state index < -0.39 is 0 Å². The van der Waals surface area contributed by atoms with Gasteiger partial charge in [0, 0.05) is 39.8 Å². The summed E-state index contributed by atoms with van der Waals surface area (Å²) in [5.74, 6) is 3.03. The van der Waals surface area contributed by atoms with Gasteiger partial charge in [0.25, 0.3) is 0 Å². The molecule has 3 N–H and O–H groups in total. The Morgan fingerprint density at radius 1 is 1.43 bits per heavy atom. The van der Waals surface area contributed by atoms with Crippen molar-refractivity contribution in [3.8, 4) is 0 Å². The molecule has 3 unspecified atom stereocenters. The SMILES string of the molecule is CCCNC(c1cc(Cl)cnc1N)C1SCCSC1CC. The van der Waals surface area contributed by atoms with Gasteiger partial charge < -0.3 is 11.1 Å². The number of nitrogens with two attached hydrogens (primary N) is 1. The quantitative estimate of drug-likeness (QED) is 0.816. The molecule has 6 heteroatoms. The van der Waals surface area contributed by atoms with Crippen LogP contribution in [0.1, 0.15) is 38.3 Å². The molecule has 1 saturated heterocycles. The van der Waals surface area contributed by atoms with E-state index in [1.807, 2.05) is 6.07 Å². The molecule has 0 aromatic carbocycles. The molecule has 0 amide bonds. The first-order chi connectivity index (χ1) is 10.2. The first kappa shape index (κ1) is 17.3. The van der Waals surface area contributed by atoms with Crippen molar-refractivity contribution in [1.29, 1.82) is 0 Å². The summed E-state index contributed by atoms with van der Waals surface area (Å²) in [5, 5.41) is 5.50. The maximum Gasteiger partial charge on any atom is 0.128 e. The van der Waals surface area contributed by atoms with E-state index in [0.29, 0.717) is 21.3 Å². The molecule has 0 aliphatic carbocycles. The van der Waals surface area contributed by atoms with Crippen molar-refractivity contribution in [3.63, 3.8) is 0 Å². The highest BCUT2D eigenvalue weighted by Crippen LogP contribution is 2.41. The summed E-state index contributed by atoms with van der Waals surface area (Å²) in [6.45, 7) is 5.44. The maximum absolute atomic E-state index is 6.15. The molecule has 0 bridgehead atoms. The van der Waals surface area contributed by atoms with E-state index in [2.05, 4.69) is 47.7 Å². The van der Waals surface area contributed by atoms with Crippen LogP contribution in [0.2, 0.25) is 5.02 Å². The van der Waals surface area contributed by atoms with Gasteiger partial charge in [-0.3, -0.25) is 0 Å². The third-order valence-corrected chi connectivity index (χ3v) is 7.25. The third-order valence-electron chi connectivity index (χ3n) is 3.69. The van der Waals surface area contributed by atoms with Crippen LogP contribution < -0.4 is 11.1 Å². The molecule has 118 valence electrons. The van der Waals surface area contributed by atoms with Crippen LogP contribution in [-0.4, -0.2) is 33.5 Å². The lowest BCUT2D eigenvalue weighted by Gasteiger charge is -2.37.